The monoisotopic (exact) mass is 473 g/mol. The van der Waals surface area contributed by atoms with Crippen molar-refractivity contribution >= 4 is 17.8 Å². The third kappa shape index (κ3) is 6.32. The normalized spacial score (nSPS) is 37.7. The van der Waals surface area contributed by atoms with Crippen molar-refractivity contribution in [2.75, 3.05) is 0 Å². The molecule has 0 radical (unpaired) electrons. The molecule has 0 aromatic carbocycles. The molecule has 2 saturated heterocycles. The number of pyridine rings is 1. The molecule has 188 valence electrons. The van der Waals surface area contributed by atoms with Gasteiger partial charge in [0.15, 0.2) is 0 Å². The highest BCUT2D eigenvalue weighted by atomic mass is 16.6. The number of fused-ring (bicyclic) bond motifs is 1. The molecule has 1 aromatic heterocycles. The molecular weight excluding hydrogens is 434 g/mol. The van der Waals surface area contributed by atoms with Gasteiger partial charge in [0.05, 0.1) is 35.7 Å². The van der Waals surface area contributed by atoms with E-state index >= 15 is 0 Å². The third-order valence-electron chi connectivity index (χ3n) is 7.64. The Balaban J connectivity index is 1.81. The number of hydrogen-bond donors (Lipinski definition) is 2. The first-order valence-electron chi connectivity index (χ1n) is 12.3. The number of Topliss-reactive ketones (excluding diaryl/α,β-unsaturated/α-hetero) is 1. The number of nitrogens with zero attached hydrogens (tertiary/aromatic N) is 1. The summed E-state index contributed by atoms with van der Waals surface area (Å²) in [4.78, 5) is 29.9. The highest BCUT2D eigenvalue weighted by Crippen LogP contribution is 2.44. The van der Waals surface area contributed by atoms with Crippen LogP contribution in [0, 0.1) is 17.3 Å². The van der Waals surface area contributed by atoms with Crippen LogP contribution >= 0.6 is 0 Å². The number of hydrogen-bond acceptors (Lipinski definition) is 7. The lowest BCUT2D eigenvalue weighted by Gasteiger charge is -2.34. The van der Waals surface area contributed by atoms with Gasteiger partial charge in [-0.15, -0.1) is 0 Å². The molecule has 0 amide bonds. The van der Waals surface area contributed by atoms with E-state index in [0.717, 1.165) is 24.8 Å². The second-order valence-corrected chi connectivity index (χ2v) is 10.8. The molecule has 3 heterocycles. The van der Waals surface area contributed by atoms with Crippen molar-refractivity contribution in [3.05, 3.63) is 36.2 Å². The van der Waals surface area contributed by atoms with Crippen molar-refractivity contribution < 1.29 is 29.3 Å². The van der Waals surface area contributed by atoms with E-state index in [0.29, 0.717) is 6.42 Å². The maximum absolute atomic E-state index is 13.2. The summed E-state index contributed by atoms with van der Waals surface area (Å²) in [6.07, 6.45) is 7.17. The molecule has 2 N–H and O–H groups in total. The first-order chi connectivity index (χ1) is 15.9. The predicted molar refractivity (Wildman–Crippen MR) is 129 cm³/mol. The fourth-order valence-electron chi connectivity index (χ4n) is 4.85. The Bertz CT molecular complexity index is 884. The molecule has 0 saturated carbocycles. The van der Waals surface area contributed by atoms with Crippen LogP contribution in [-0.4, -0.2) is 57.0 Å². The first kappa shape index (κ1) is 26.5. The summed E-state index contributed by atoms with van der Waals surface area (Å²) in [6.45, 7) is 8.95. The second kappa shape index (κ2) is 10.7. The van der Waals surface area contributed by atoms with E-state index in [1.807, 2.05) is 31.2 Å². The van der Waals surface area contributed by atoms with Gasteiger partial charge in [-0.05, 0) is 49.5 Å². The van der Waals surface area contributed by atoms with E-state index < -0.39 is 35.6 Å². The number of epoxide rings is 1. The molecule has 2 aliphatic heterocycles. The summed E-state index contributed by atoms with van der Waals surface area (Å²) >= 11 is 0. The molecule has 0 unspecified atom stereocenters. The van der Waals surface area contributed by atoms with E-state index in [4.69, 9.17) is 9.47 Å². The van der Waals surface area contributed by atoms with Crippen molar-refractivity contribution in [2.24, 2.45) is 17.3 Å². The first-order valence-corrected chi connectivity index (χ1v) is 12.3. The molecule has 7 heteroatoms. The van der Waals surface area contributed by atoms with Gasteiger partial charge in [-0.3, -0.25) is 14.6 Å². The van der Waals surface area contributed by atoms with Crippen molar-refractivity contribution in [1.29, 1.82) is 0 Å². The van der Waals surface area contributed by atoms with E-state index in [1.54, 1.807) is 33.2 Å². The lowest BCUT2D eigenvalue weighted by atomic mass is 9.73. The van der Waals surface area contributed by atoms with Gasteiger partial charge in [0.1, 0.15) is 11.9 Å². The maximum Gasteiger partial charge on any atom is 0.309 e. The maximum atomic E-state index is 13.2. The van der Waals surface area contributed by atoms with Crippen LogP contribution in [0.1, 0.15) is 72.3 Å². The topological polar surface area (TPSA) is 109 Å². The van der Waals surface area contributed by atoms with Crippen molar-refractivity contribution in [2.45, 2.75) is 96.7 Å². The summed E-state index contributed by atoms with van der Waals surface area (Å²) < 4.78 is 11.7. The molecule has 2 fully saturated rings. The van der Waals surface area contributed by atoms with Gasteiger partial charge in [0.25, 0.3) is 0 Å². The molecule has 0 bridgehead atoms. The minimum absolute atomic E-state index is 0.0395. The number of ketones is 1. The Morgan fingerprint density at radius 2 is 1.79 bits per heavy atom. The summed E-state index contributed by atoms with van der Waals surface area (Å²) in [5.74, 6) is -1.55. The Hall–Kier alpha value is -2.09. The summed E-state index contributed by atoms with van der Waals surface area (Å²) in [6, 6.07) is 3.72. The molecule has 0 spiro atoms. The predicted octanol–water partition coefficient (Wildman–Crippen LogP) is 3.72. The number of cyclic esters (lactones) is 1. The van der Waals surface area contributed by atoms with Gasteiger partial charge >= 0.3 is 5.97 Å². The number of rotatable bonds is 2. The van der Waals surface area contributed by atoms with Gasteiger partial charge in [-0.1, -0.05) is 40.2 Å². The minimum atomic E-state index is -1.22. The molecule has 1 aromatic rings. The molecule has 0 aliphatic carbocycles. The minimum Gasteiger partial charge on any atom is -0.458 e. The van der Waals surface area contributed by atoms with Gasteiger partial charge in [0.2, 0.25) is 0 Å². The molecule has 7 nitrogen and oxygen atoms in total. The Morgan fingerprint density at radius 1 is 1.12 bits per heavy atom. The van der Waals surface area contributed by atoms with Gasteiger partial charge in [0, 0.05) is 24.7 Å². The molecule has 2 aliphatic rings. The Kier molecular flexibility index (Phi) is 8.32. The molecule has 7 atom stereocenters. The number of carbonyl (C=O) groups excluding carboxylic acids is 2. The standard InChI is InChI=1S/C27H39NO6/c1-17-7-6-12-27(5)22(34-27)15-20(9-8-19-10-13-28-14-11-19)33-23(30)16-21(29)26(3,4)25(32)18(2)24(17)31/h8-11,13-14,17-18,20-22,24,29,31H,6-7,12,15-16H2,1-5H3/t17-,18+,20+,21-,22-,24-,27+/m0/s1. The second-order valence-electron chi connectivity index (χ2n) is 10.8. The van der Waals surface area contributed by atoms with Crippen LogP contribution in [0.3, 0.4) is 0 Å². The largest absolute Gasteiger partial charge is 0.458 e. The number of aromatic nitrogens is 1. The summed E-state index contributed by atoms with van der Waals surface area (Å²) in [7, 11) is 0. The van der Waals surface area contributed by atoms with E-state index in [1.165, 1.54) is 0 Å². The zero-order valence-corrected chi connectivity index (χ0v) is 20.9. The van der Waals surface area contributed by atoms with E-state index in [-0.39, 0.29) is 29.8 Å². The van der Waals surface area contributed by atoms with E-state index in [9.17, 15) is 19.8 Å². The number of ether oxygens (including phenoxy) is 2. The van der Waals surface area contributed by atoms with Crippen LogP contribution in [-0.2, 0) is 19.1 Å². The SMILES string of the molecule is C[C@H]1CCC[C@@]2(C)O[C@H]2C[C@@H](C=Cc2ccncc2)OC(=O)C[C@H](O)C(C)(C)C(=O)[C@H](C)[C@H]1O. The van der Waals surface area contributed by atoms with Crippen LogP contribution in [0.4, 0.5) is 0 Å². The lowest BCUT2D eigenvalue weighted by Crippen LogP contribution is -2.45. The molecular formula is C27H39NO6. The molecule has 3 rings (SSSR count). The van der Waals surface area contributed by atoms with Crippen LogP contribution in [0.2, 0.25) is 0 Å². The van der Waals surface area contributed by atoms with Crippen molar-refractivity contribution in [3.8, 4) is 0 Å². The Labute approximate surface area is 202 Å². The van der Waals surface area contributed by atoms with Crippen molar-refractivity contribution in [3.63, 3.8) is 0 Å². The van der Waals surface area contributed by atoms with Gasteiger partial charge in [-0.2, -0.15) is 0 Å². The molecule has 34 heavy (non-hydrogen) atoms. The van der Waals surface area contributed by atoms with Crippen LogP contribution < -0.4 is 0 Å². The van der Waals surface area contributed by atoms with Gasteiger partial charge in [-0.25, -0.2) is 0 Å². The number of aliphatic hydroxyl groups excluding tert-OH is 2. The average molecular weight is 474 g/mol. The fraction of sp³-hybridized carbons (Fsp3) is 0.667. The number of aliphatic hydroxyl groups is 2. The lowest BCUT2D eigenvalue weighted by molar-refractivity contribution is -0.154. The third-order valence-corrected chi connectivity index (χ3v) is 7.64. The van der Waals surface area contributed by atoms with Gasteiger partial charge < -0.3 is 19.7 Å². The smallest absolute Gasteiger partial charge is 0.309 e. The summed E-state index contributed by atoms with van der Waals surface area (Å²) in [5.41, 5.74) is -0.553. The van der Waals surface area contributed by atoms with E-state index in [2.05, 4.69) is 11.9 Å². The van der Waals surface area contributed by atoms with Crippen molar-refractivity contribution in [1.82, 2.24) is 4.98 Å². The fourth-order valence-corrected chi connectivity index (χ4v) is 4.85. The number of esters is 1. The highest BCUT2D eigenvalue weighted by Gasteiger charge is 2.52. The zero-order valence-electron chi connectivity index (χ0n) is 20.9. The highest BCUT2D eigenvalue weighted by molar-refractivity contribution is 5.88. The number of carbonyl (C=O) groups is 2. The Morgan fingerprint density at radius 3 is 2.47 bits per heavy atom. The average Bonchev–Trinajstić information content (AvgIpc) is 3.44. The zero-order chi connectivity index (χ0) is 25.1. The summed E-state index contributed by atoms with van der Waals surface area (Å²) in [5, 5.41) is 21.6. The van der Waals surface area contributed by atoms with Crippen LogP contribution in [0.5, 0.6) is 0 Å². The van der Waals surface area contributed by atoms with Crippen LogP contribution in [0.15, 0.2) is 30.6 Å². The quantitative estimate of drug-likeness (QED) is 0.498. The van der Waals surface area contributed by atoms with Crippen LogP contribution in [0.25, 0.3) is 6.08 Å².